The topological polar surface area (TPSA) is 26.0 Å². The Hall–Kier alpha value is -0.300. The number of allylic oxidation sites excluding steroid dienone is 2. The molecular weight excluding hydrogens is 242 g/mol. The van der Waals surface area contributed by atoms with E-state index >= 15 is 0 Å². The lowest BCUT2D eigenvalue weighted by Crippen LogP contribution is -2.10. The third kappa shape index (κ3) is 15.8. The van der Waals surface area contributed by atoms with Crippen LogP contribution in [-0.2, 0) is 0 Å². The molecule has 0 aliphatic heterocycles. The van der Waals surface area contributed by atoms with Crippen molar-refractivity contribution in [3.05, 3.63) is 12.2 Å². The molecule has 0 bridgehead atoms. The van der Waals surface area contributed by atoms with E-state index in [1.807, 2.05) is 0 Å². The molecule has 1 unspecified atom stereocenters. The first-order valence-corrected chi connectivity index (χ1v) is 9.16. The van der Waals surface area contributed by atoms with Crippen molar-refractivity contribution < 1.29 is 0 Å². The summed E-state index contributed by atoms with van der Waals surface area (Å²) in [5, 5.41) is 0. The van der Waals surface area contributed by atoms with Crippen LogP contribution >= 0.6 is 0 Å². The van der Waals surface area contributed by atoms with Crippen molar-refractivity contribution in [2.24, 2.45) is 11.7 Å². The Labute approximate surface area is 128 Å². The van der Waals surface area contributed by atoms with Gasteiger partial charge >= 0.3 is 0 Å². The highest BCUT2D eigenvalue weighted by molar-refractivity contribution is 4.81. The summed E-state index contributed by atoms with van der Waals surface area (Å²) in [7, 11) is 0. The molecule has 0 radical (unpaired) electrons. The molecule has 0 amide bonds. The van der Waals surface area contributed by atoms with Gasteiger partial charge in [0.25, 0.3) is 0 Å². The van der Waals surface area contributed by atoms with Crippen LogP contribution in [-0.4, -0.2) is 6.54 Å². The first kappa shape index (κ1) is 19.7. The van der Waals surface area contributed by atoms with Gasteiger partial charge in [0.1, 0.15) is 0 Å². The van der Waals surface area contributed by atoms with Gasteiger partial charge in [0.2, 0.25) is 0 Å². The molecule has 20 heavy (non-hydrogen) atoms. The molecule has 1 atom stereocenters. The molecule has 0 rings (SSSR count). The molecular formula is C19H39N. The van der Waals surface area contributed by atoms with Crippen LogP contribution in [0.25, 0.3) is 0 Å². The molecule has 0 saturated carbocycles. The van der Waals surface area contributed by atoms with Gasteiger partial charge in [-0.25, -0.2) is 0 Å². The number of unbranched alkanes of at least 4 members (excludes halogenated alkanes) is 10. The summed E-state index contributed by atoms with van der Waals surface area (Å²) >= 11 is 0. The molecule has 0 heterocycles. The minimum atomic E-state index is 0.715. The third-order valence-electron chi connectivity index (χ3n) is 4.11. The van der Waals surface area contributed by atoms with Crippen molar-refractivity contribution in [1.82, 2.24) is 0 Å². The van der Waals surface area contributed by atoms with Crippen LogP contribution in [0.15, 0.2) is 12.2 Å². The molecule has 0 aromatic rings. The van der Waals surface area contributed by atoms with Gasteiger partial charge in [0, 0.05) is 0 Å². The summed E-state index contributed by atoms with van der Waals surface area (Å²) in [5.41, 5.74) is 5.62. The monoisotopic (exact) mass is 281 g/mol. The maximum atomic E-state index is 5.62. The van der Waals surface area contributed by atoms with Gasteiger partial charge in [-0.1, -0.05) is 77.4 Å². The van der Waals surface area contributed by atoms with E-state index in [1.165, 1.54) is 83.5 Å². The molecule has 0 aromatic heterocycles. The third-order valence-corrected chi connectivity index (χ3v) is 4.11. The second-order valence-corrected chi connectivity index (χ2v) is 6.36. The van der Waals surface area contributed by atoms with E-state index in [0.29, 0.717) is 5.92 Å². The fourth-order valence-electron chi connectivity index (χ4n) is 2.50. The summed E-state index contributed by atoms with van der Waals surface area (Å²) in [6.07, 6.45) is 22.6. The zero-order chi connectivity index (χ0) is 14.9. The minimum Gasteiger partial charge on any atom is -0.330 e. The normalized spacial score (nSPS) is 13.2. The Morgan fingerprint density at radius 3 is 1.80 bits per heavy atom. The predicted molar refractivity (Wildman–Crippen MR) is 93.1 cm³/mol. The zero-order valence-electron chi connectivity index (χ0n) is 14.2. The average molecular weight is 282 g/mol. The Kier molecular flexibility index (Phi) is 16.5. The summed E-state index contributed by atoms with van der Waals surface area (Å²) in [6.45, 7) is 5.38. The van der Waals surface area contributed by atoms with Gasteiger partial charge in [-0.15, -0.1) is 0 Å². The molecule has 0 spiro atoms. The highest BCUT2D eigenvalue weighted by Crippen LogP contribution is 2.11. The van der Waals surface area contributed by atoms with Gasteiger partial charge in [-0.3, -0.25) is 0 Å². The first-order chi connectivity index (χ1) is 9.81. The standard InChI is InChI=1S/C19H39N/c1-3-4-5-6-7-8-9-10-11-12-13-14-15-16-17-19(2)18-20/h10-11,19H,3-9,12-18,20H2,1-2H3/b11-10+. The van der Waals surface area contributed by atoms with Crippen molar-refractivity contribution in [2.75, 3.05) is 6.54 Å². The summed E-state index contributed by atoms with van der Waals surface area (Å²) in [6, 6.07) is 0. The minimum absolute atomic E-state index is 0.715. The Balaban J connectivity index is 3.09. The highest BCUT2D eigenvalue weighted by atomic mass is 14.5. The van der Waals surface area contributed by atoms with Crippen molar-refractivity contribution in [3.8, 4) is 0 Å². The molecule has 0 aliphatic carbocycles. The fourth-order valence-corrected chi connectivity index (χ4v) is 2.50. The summed E-state index contributed by atoms with van der Waals surface area (Å²) < 4.78 is 0. The Morgan fingerprint density at radius 1 is 0.750 bits per heavy atom. The van der Waals surface area contributed by atoms with Gasteiger partial charge in [0.05, 0.1) is 0 Å². The predicted octanol–water partition coefficient (Wildman–Crippen LogP) is 6.23. The maximum Gasteiger partial charge on any atom is -0.00515 e. The van der Waals surface area contributed by atoms with Crippen molar-refractivity contribution >= 4 is 0 Å². The van der Waals surface area contributed by atoms with Crippen molar-refractivity contribution in [3.63, 3.8) is 0 Å². The van der Waals surface area contributed by atoms with E-state index < -0.39 is 0 Å². The summed E-state index contributed by atoms with van der Waals surface area (Å²) in [5.74, 6) is 0.715. The van der Waals surface area contributed by atoms with E-state index in [0.717, 1.165) is 6.54 Å². The van der Waals surface area contributed by atoms with Gasteiger partial charge in [-0.2, -0.15) is 0 Å². The number of rotatable bonds is 15. The number of hydrogen-bond donors (Lipinski definition) is 1. The molecule has 120 valence electrons. The largest absolute Gasteiger partial charge is 0.330 e. The van der Waals surface area contributed by atoms with Gasteiger partial charge in [-0.05, 0) is 44.6 Å². The number of nitrogens with two attached hydrogens (primary N) is 1. The molecule has 2 N–H and O–H groups in total. The number of hydrogen-bond acceptors (Lipinski definition) is 1. The van der Waals surface area contributed by atoms with Crippen molar-refractivity contribution in [2.45, 2.75) is 97.3 Å². The van der Waals surface area contributed by atoms with E-state index in [-0.39, 0.29) is 0 Å². The second kappa shape index (κ2) is 16.8. The lowest BCUT2D eigenvalue weighted by atomic mass is 10.0. The first-order valence-electron chi connectivity index (χ1n) is 9.16. The van der Waals surface area contributed by atoms with Crippen molar-refractivity contribution in [1.29, 1.82) is 0 Å². The Morgan fingerprint density at radius 2 is 1.25 bits per heavy atom. The lowest BCUT2D eigenvalue weighted by molar-refractivity contribution is 0.495. The maximum absolute atomic E-state index is 5.62. The van der Waals surface area contributed by atoms with E-state index in [1.54, 1.807) is 0 Å². The molecule has 0 aromatic carbocycles. The van der Waals surface area contributed by atoms with Crippen LogP contribution in [0, 0.1) is 5.92 Å². The quantitative estimate of drug-likeness (QED) is 0.279. The summed E-state index contributed by atoms with van der Waals surface area (Å²) in [4.78, 5) is 0. The zero-order valence-corrected chi connectivity index (χ0v) is 14.2. The van der Waals surface area contributed by atoms with Gasteiger partial charge < -0.3 is 5.73 Å². The molecule has 0 fully saturated rings. The fraction of sp³-hybridized carbons (Fsp3) is 0.895. The van der Waals surface area contributed by atoms with E-state index in [9.17, 15) is 0 Å². The Bertz CT molecular complexity index is 198. The highest BCUT2D eigenvalue weighted by Gasteiger charge is 1.97. The van der Waals surface area contributed by atoms with Gasteiger partial charge in [0.15, 0.2) is 0 Å². The molecule has 1 nitrogen and oxygen atoms in total. The van der Waals surface area contributed by atoms with E-state index in [2.05, 4.69) is 26.0 Å². The molecule has 1 heteroatoms. The SMILES string of the molecule is CCCCCCCC/C=C/CCCCCCC(C)CN. The average Bonchev–Trinajstić information content (AvgIpc) is 2.47. The molecule has 0 aliphatic rings. The van der Waals surface area contributed by atoms with Crippen LogP contribution in [0.1, 0.15) is 97.3 Å². The lowest BCUT2D eigenvalue weighted by Gasteiger charge is -2.06. The molecule has 0 saturated heterocycles. The van der Waals surface area contributed by atoms with Crippen LogP contribution < -0.4 is 5.73 Å². The van der Waals surface area contributed by atoms with Crippen LogP contribution in [0.4, 0.5) is 0 Å². The van der Waals surface area contributed by atoms with Crippen LogP contribution in [0.2, 0.25) is 0 Å². The van der Waals surface area contributed by atoms with Crippen LogP contribution in [0.5, 0.6) is 0 Å². The van der Waals surface area contributed by atoms with Crippen LogP contribution in [0.3, 0.4) is 0 Å². The van der Waals surface area contributed by atoms with E-state index in [4.69, 9.17) is 5.73 Å². The second-order valence-electron chi connectivity index (χ2n) is 6.36. The smallest absolute Gasteiger partial charge is 0.00515 e.